The van der Waals surface area contributed by atoms with Gasteiger partial charge in [0.25, 0.3) is 0 Å². The molecule has 0 radical (unpaired) electrons. The van der Waals surface area contributed by atoms with Gasteiger partial charge in [-0.25, -0.2) is 49.8 Å². The van der Waals surface area contributed by atoms with Gasteiger partial charge in [-0.2, -0.15) is 0 Å². The summed E-state index contributed by atoms with van der Waals surface area (Å²) in [6, 6.07) is 145. The highest BCUT2D eigenvalue weighted by atomic mass is 32.1. The zero-order chi connectivity index (χ0) is 97.4. The van der Waals surface area contributed by atoms with Gasteiger partial charge in [0.05, 0.1) is 130 Å². The van der Waals surface area contributed by atoms with Crippen LogP contribution in [-0.2, 0) is 0 Å². The molecule has 33 aromatic rings. The summed E-state index contributed by atoms with van der Waals surface area (Å²) in [5.74, 6) is 3.75. The van der Waals surface area contributed by atoms with Gasteiger partial charge in [-0.05, 0) is 115 Å². The predicted molar refractivity (Wildman–Crippen MR) is 618 cm³/mol. The van der Waals surface area contributed by atoms with E-state index >= 15 is 0 Å². The highest BCUT2D eigenvalue weighted by Crippen LogP contribution is 2.48. The zero-order valence-electron chi connectivity index (χ0n) is 78.4. The van der Waals surface area contributed by atoms with Crippen molar-refractivity contribution in [3.8, 4) is 63.4 Å². The Balaban J connectivity index is 0.0000000875. The van der Waals surface area contributed by atoms with Gasteiger partial charge in [-0.3, -0.25) is 32.8 Å². The van der Waals surface area contributed by atoms with Crippen LogP contribution in [0.15, 0.2) is 456 Å². The van der Waals surface area contributed by atoms with E-state index in [1.165, 1.54) is 105 Å². The largest absolute Gasteiger partial charge is 0.292 e. The van der Waals surface area contributed by atoms with Gasteiger partial charge in [0.1, 0.15) is 6.33 Å². The molecule has 0 aliphatic carbocycles. The lowest BCUT2D eigenvalue weighted by molar-refractivity contribution is 1.01. The summed E-state index contributed by atoms with van der Waals surface area (Å²) in [5, 5.41) is 18.0. The number of fused-ring (bicyclic) bond motifs is 30. The molecule has 33 rings (SSSR count). The first-order valence-corrected chi connectivity index (χ1v) is 52.7. The topological polar surface area (TPSA) is 179 Å². The van der Waals surface area contributed by atoms with E-state index in [1.807, 2.05) is 61.3 Å². The smallest absolute Gasteiger partial charge is 0.235 e. The van der Waals surface area contributed by atoms with Crippen LogP contribution in [0.3, 0.4) is 0 Å². The highest BCUT2D eigenvalue weighted by molar-refractivity contribution is 7.28. The Morgan fingerprint density at radius 2 is 0.399 bits per heavy atom. The maximum atomic E-state index is 5.17. The molecule has 0 fully saturated rings. The summed E-state index contributed by atoms with van der Waals surface area (Å²) >= 11 is 8.74. The molecule has 0 saturated carbocycles. The number of thiophene rings is 5. The van der Waals surface area contributed by atoms with Crippen LogP contribution in [0.2, 0.25) is 0 Å². The van der Waals surface area contributed by atoms with Crippen LogP contribution in [0.1, 0.15) is 0 Å². The van der Waals surface area contributed by atoms with Crippen molar-refractivity contribution < 1.29 is 0 Å². The summed E-state index contributed by atoms with van der Waals surface area (Å²) < 4.78 is 22.7. The molecule has 0 atom stereocenters. The maximum Gasteiger partial charge on any atom is 0.235 e. The molecule has 0 saturated heterocycles. The number of nitrogens with zero attached hydrogens (tertiary/aromatic N) is 17. The quantitative estimate of drug-likeness (QED) is 0.141. The Hall–Kier alpha value is -18.7. The van der Waals surface area contributed by atoms with E-state index in [0.717, 1.165) is 152 Å². The number of pyridine rings is 2. The van der Waals surface area contributed by atoms with E-state index in [0.29, 0.717) is 17.8 Å². The van der Waals surface area contributed by atoms with Crippen LogP contribution in [0.4, 0.5) is 0 Å². The Morgan fingerprint density at radius 1 is 0.162 bits per heavy atom. The molecule has 0 aliphatic rings. The van der Waals surface area contributed by atoms with Gasteiger partial charge in [0.2, 0.25) is 23.8 Å². The Morgan fingerprint density at radius 3 is 0.716 bits per heavy atom. The third kappa shape index (κ3) is 14.3. The second-order valence-corrected chi connectivity index (χ2v) is 41.4. The van der Waals surface area contributed by atoms with E-state index in [9.17, 15) is 0 Å². The molecule has 0 spiro atoms. The lowest BCUT2D eigenvalue weighted by Gasteiger charge is -2.10. The lowest BCUT2D eigenvalue weighted by Crippen LogP contribution is -2.02. The summed E-state index contributed by atoms with van der Waals surface area (Å²) in [5.41, 5.74) is 22.4. The van der Waals surface area contributed by atoms with Gasteiger partial charge < -0.3 is 0 Å². The number of rotatable bonds is 8. The fraction of sp³-hybridized carbons (Fsp3) is 0. The standard InChI is InChI=1S/C28H17N3S.2C27H16N4S.2C22H13N3S/c1-2-10-18(11-3-1)25-27-26(21-14-6-9-17-24(21)32-27)30-28(29-25)31-22-15-7-4-12-19(22)20-13-5-8-16-23(20)31;2*1-4-10-21-18(7-1)19-8-2-5-11-22(19)31(21)27-29-24(17-13-15-28-16-14-17)26-25(30-27)20-9-3-6-12-23(20)32-26;1-4-10-17-14(7-1)15-8-2-5-11-18(15)25(17)22-21-20(23-13-24-22)16-9-3-6-12-19(16)26-21;1-4-10-17-14(7-1)15-8-2-5-11-18(15)25(17)22-23-13-20-21(24-22)16-9-3-6-12-19(16)26-20/h1-17H;2*1-16H;2*1-13H. The van der Waals surface area contributed by atoms with Crippen LogP contribution in [0, 0.1) is 0 Å². The van der Waals surface area contributed by atoms with Crippen molar-refractivity contribution in [1.29, 1.82) is 0 Å². The Kier molecular flexibility index (Phi) is 20.8. The van der Waals surface area contributed by atoms with E-state index in [1.54, 1.807) is 63.0 Å². The van der Waals surface area contributed by atoms with E-state index in [2.05, 4.69) is 426 Å². The summed E-state index contributed by atoms with van der Waals surface area (Å²) in [6.45, 7) is 0. The average Bonchev–Trinajstić information content (AvgIpc) is 1.58. The van der Waals surface area contributed by atoms with Crippen molar-refractivity contribution in [2.75, 3.05) is 0 Å². The maximum absolute atomic E-state index is 5.17. The minimum atomic E-state index is 0.685. The second kappa shape index (κ2) is 35.7. The fourth-order valence-electron chi connectivity index (χ4n) is 21.2. The predicted octanol–water partition coefficient (Wildman–Crippen LogP) is 33.5. The molecule has 694 valence electrons. The van der Waals surface area contributed by atoms with Crippen LogP contribution in [0.25, 0.3) is 274 Å². The molecular formula is C126H75N17S5. The third-order valence-electron chi connectivity index (χ3n) is 27.7. The number of hydrogen-bond acceptors (Lipinski definition) is 17. The first-order chi connectivity index (χ1) is 73.5. The van der Waals surface area contributed by atoms with Crippen molar-refractivity contribution in [2.45, 2.75) is 0 Å². The summed E-state index contributed by atoms with van der Waals surface area (Å²) in [7, 11) is 0. The van der Waals surface area contributed by atoms with Gasteiger partial charge in [0, 0.05) is 146 Å². The average molecular weight is 1990 g/mol. The number of aromatic nitrogens is 17. The van der Waals surface area contributed by atoms with Crippen LogP contribution in [0.5, 0.6) is 0 Å². The molecule has 16 aromatic carbocycles. The minimum absolute atomic E-state index is 0.685. The van der Waals surface area contributed by atoms with Crippen molar-refractivity contribution in [3.05, 3.63) is 456 Å². The minimum Gasteiger partial charge on any atom is -0.292 e. The molecule has 0 amide bonds. The van der Waals surface area contributed by atoms with Crippen molar-refractivity contribution in [2.24, 2.45) is 0 Å². The van der Waals surface area contributed by atoms with Crippen molar-refractivity contribution in [3.63, 3.8) is 0 Å². The van der Waals surface area contributed by atoms with Crippen molar-refractivity contribution in [1.82, 2.24) is 82.6 Å². The molecule has 17 aromatic heterocycles. The Bertz CT molecular complexity index is 10200. The molecular weight excluding hydrogens is 1910 g/mol. The SMILES string of the molecule is c1ccc(-c2nc(-n3c4ccccc4c4ccccc43)nc3c2sc2ccccc23)cc1.c1ccc2c(c1)sc1c(-c3ccncc3)nc(-n3c4ccccc4c4ccccc43)nc12.c1ccc2c(c1)sc1c(-c3ccncc3)nc(-n3c4ccccc4c4ccccc43)nc12.c1ccc2c(c1)sc1c(-n3c4ccccc4c4ccccc43)ncnc12.c1ccc2c(c1)sc1cnc(-n3c4ccccc4c4ccccc43)nc12. The van der Waals surface area contributed by atoms with Gasteiger partial charge in [0.15, 0.2) is 5.82 Å². The lowest BCUT2D eigenvalue weighted by atomic mass is 10.1. The zero-order valence-corrected chi connectivity index (χ0v) is 82.5. The fourth-order valence-corrected chi connectivity index (χ4v) is 26.8. The molecule has 22 heteroatoms. The van der Waals surface area contributed by atoms with Crippen LogP contribution >= 0.6 is 56.7 Å². The molecule has 17 nitrogen and oxygen atoms in total. The third-order valence-corrected chi connectivity index (χ3v) is 33.5. The number of para-hydroxylation sites is 10. The van der Waals surface area contributed by atoms with Crippen LogP contribution in [-0.4, -0.2) is 82.6 Å². The van der Waals surface area contributed by atoms with Crippen molar-refractivity contribution >= 4 is 267 Å². The Labute approximate surface area is 862 Å². The normalized spacial score (nSPS) is 11.8. The van der Waals surface area contributed by atoms with Gasteiger partial charge in [-0.1, -0.05) is 303 Å². The first-order valence-electron chi connectivity index (χ1n) is 48.6. The molecule has 0 unspecified atom stereocenters. The van der Waals surface area contributed by atoms with Crippen LogP contribution < -0.4 is 0 Å². The summed E-state index contributed by atoms with van der Waals surface area (Å²) in [6.07, 6.45) is 10.9. The van der Waals surface area contributed by atoms with Gasteiger partial charge >= 0.3 is 0 Å². The molecule has 0 bridgehead atoms. The van der Waals surface area contributed by atoms with E-state index in [4.69, 9.17) is 44.9 Å². The van der Waals surface area contributed by atoms with E-state index in [-0.39, 0.29) is 0 Å². The molecule has 148 heavy (non-hydrogen) atoms. The van der Waals surface area contributed by atoms with E-state index < -0.39 is 0 Å². The number of hydrogen-bond donors (Lipinski definition) is 0. The molecule has 0 aliphatic heterocycles. The first kappa shape index (κ1) is 86.0. The summed E-state index contributed by atoms with van der Waals surface area (Å²) in [4.78, 5) is 58.3. The monoisotopic (exact) mass is 1990 g/mol. The number of benzene rings is 16. The van der Waals surface area contributed by atoms with Gasteiger partial charge in [-0.15, -0.1) is 56.7 Å². The molecule has 0 N–H and O–H groups in total. The molecule has 17 heterocycles. The second-order valence-electron chi connectivity index (χ2n) is 36.1. The highest BCUT2D eigenvalue weighted by Gasteiger charge is 2.27.